The molecule has 1 heterocycles. The lowest BCUT2D eigenvalue weighted by molar-refractivity contribution is 0.0527. The van der Waals surface area contributed by atoms with E-state index in [4.69, 9.17) is 16.3 Å². The van der Waals surface area contributed by atoms with Gasteiger partial charge in [0.25, 0.3) is 0 Å². The quantitative estimate of drug-likeness (QED) is 0.648. The van der Waals surface area contributed by atoms with Crippen LogP contribution in [0.3, 0.4) is 0 Å². The summed E-state index contributed by atoms with van der Waals surface area (Å²) in [7, 11) is 0. The number of ether oxygens (including phenoxy) is 1. The number of anilines is 1. The van der Waals surface area contributed by atoms with Crippen LogP contribution in [-0.4, -0.2) is 28.6 Å². The van der Waals surface area contributed by atoms with Gasteiger partial charge in [-0.15, -0.1) is 0 Å². The fourth-order valence-corrected chi connectivity index (χ4v) is 1.34. The van der Waals surface area contributed by atoms with Crippen molar-refractivity contribution in [2.24, 2.45) is 0 Å². The van der Waals surface area contributed by atoms with Crippen molar-refractivity contribution >= 4 is 23.4 Å². The Morgan fingerprint density at radius 1 is 1.56 bits per heavy atom. The molecule has 0 aliphatic carbocycles. The second kappa shape index (κ2) is 5.65. The molecule has 1 aromatic heterocycles. The Kier molecular flexibility index (Phi) is 4.49. The van der Waals surface area contributed by atoms with Gasteiger partial charge >= 0.3 is 5.97 Å². The number of carbonyl (C=O) groups is 1. The lowest BCUT2D eigenvalue weighted by atomic mass is 10.3. The van der Waals surface area contributed by atoms with E-state index in [9.17, 15) is 4.79 Å². The maximum absolute atomic E-state index is 11.6. The zero-order chi connectivity index (χ0) is 12.1. The van der Waals surface area contributed by atoms with Gasteiger partial charge in [0, 0.05) is 6.04 Å². The van der Waals surface area contributed by atoms with Crippen molar-refractivity contribution in [3.63, 3.8) is 0 Å². The third-order valence-electron chi connectivity index (χ3n) is 1.71. The molecule has 0 spiro atoms. The van der Waals surface area contributed by atoms with Crippen LogP contribution in [0.4, 0.5) is 5.82 Å². The van der Waals surface area contributed by atoms with Gasteiger partial charge in [0.15, 0.2) is 0 Å². The van der Waals surface area contributed by atoms with Crippen molar-refractivity contribution < 1.29 is 9.53 Å². The number of aromatic nitrogens is 2. The Hall–Kier alpha value is -1.36. The number of carbonyl (C=O) groups excluding carboxylic acids is 1. The van der Waals surface area contributed by atoms with Gasteiger partial charge in [-0.2, -0.15) is 0 Å². The molecular formula is C10H14ClN3O2. The molecular weight excluding hydrogens is 230 g/mol. The van der Waals surface area contributed by atoms with E-state index >= 15 is 0 Å². The molecule has 0 aromatic carbocycles. The van der Waals surface area contributed by atoms with Gasteiger partial charge in [-0.3, -0.25) is 0 Å². The van der Waals surface area contributed by atoms with Gasteiger partial charge in [0.2, 0.25) is 0 Å². The first-order chi connectivity index (χ1) is 7.56. The zero-order valence-corrected chi connectivity index (χ0v) is 10.2. The Balaban J connectivity index is 3.07. The first kappa shape index (κ1) is 12.7. The highest BCUT2D eigenvalue weighted by atomic mass is 35.5. The summed E-state index contributed by atoms with van der Waals surface area (Å²) in [5.41, 5.74) is 0.180. The molecule has 0 fully saturated rings. The van der Waals surface area contributed by atoms with E-state index in [1.165, 1.54) is 6.33 Å². The SMILES string of the molecule is CCOC(=O)c1c(Cl)ncnc1NC(C)C. The van der Waals surface area contributed by atoms with Crippen LogP contribution in [0.1, 0.15) is 31.1 Å². The van der Waals surface area contributed by atoms with Gasteiger partial charge in [-0.1, -0.05) is 11.6 Å². The minimum absolute atomic E-state index is 0.0941. The molecule has 1 rings (SSSR count). The van der Waals surface area contributed by atoms with Gasteiger partial charge in [0.1, 0.15) is 22.9 Å². The summed E-state index contributed by atoms with van der Waals surface area (Å²) in [6.45, 7) is 5.88. The Labute approximate surface area is 99.2 Å². The lowest BCUT2D eigenvalue weighted by Crippen LogP contribution is -2.17. The summed E-state index contributed by atoms with van der Waals surface area (Å²) in [4.78, 5) is 19.4. The normalized spacial score (nSPS) is 10.3. The van der Waals surface area contributed by atoms with E-state index in [0.717, 1.165) is 0 Å². The minimum atomic E-state index is -0.517. The summed E-state index contributed by atoms with van der Waals surface area (Å²) in [6.07, 6.45) is 1.30. The molecule has 0 saturated carbocycles. The lowest BCUT2D eigenvalue weighted by Gasteiger charge is -2.12. The number of halogens is 1. The van der Waals surface area contributed by atoms with Crippen LogP contribution in [0.2, 0.25) is 5.15 Å². The van der Waals surface area contributed by atoms with Crippen molar-refractivity contribution in [3.05, 3.63) is 17.0 Å². The van der Waals surface area contributed by atoms with E-state index < -0.39 is 5.97 Å². The van der Waals surface area contributed by atoms with E-state index in [1.807, 2.05) is 13.8 Å². The third kappa shape index (κ3) is 3.06. The summed E-state index contributed by atoms with van der Waals surface area (Å²) < 4.78 is 4.89. The molecule has 6 heteroatoms. The predicted molar refractivity (Wildman–Crippen MR) is 61.8 cm³/mol. The molecule has 0 aliphatic rings. The average Bonchev–Trinajstić information content (AvgIpc) is 2.16. The van der Waals surface area contributed by atoms with Crippen LogP contribution in [0.15, 0.2) is 6.33 Å². The maximum atomic E-state index is 11.6. The minimum Gasteiger partial charge on any atom is -0.462 e. The average molecular weight is 244 g/mol. The molecule has 1 aromatic rings. The zero-order valence-electron chi connectivity index (χ0n) is 9.45. The maximum Gasteiger partial charge on any atom is 0.345 e. The molecule has 0 aliphatic heterocycles. The number of nitrogens with one attached hydrogen (secondary N) is 1. The van der Waals surface area contributed by atoms with E-state index in [-0.39, 0.29) is 23.4 Å². The number of hydrogen-bond acceptors (Lipinski definition) is 5. The molecule has 16 heavy (non-hydrogen) atoms. The van der Waals surface area contributed by atoms with Crippen LogP contribution in [-0.2, 0) is 4.74 Å². The van der Waals surface area contributed by atoms with Crippen molar-refractivity contribution in [2.45, 2.75) is 26.8 Å². The largest absolute Gasteiger partial charge is 0.462 e. The molecule has 0 amide bonds. The Morgan fingerprint density at radius 3 is 2.81 bits per heavy atom. The van der Waals surface area contributed by atoms with Crippen LogP contribution in [0.25, 0.3) is 0 Å². The molecule has 0 saturated heterocycles. The first-order valence-electron chi connectivity index (χ1n) is 5.00. The molecule has 0 atom stereocenters. The van der Waals surface area contributed by atoms with E-state index in [1.54, 1.807) is 6.92 Å². The molecule has 0 radical (unpaired) electrons. The Morgan fingerprint density at radius 2 is 2.25 bits per heavy atom. The first-order valence-corrected chi connectivity index (χ1v) is 5.38. The topological polar surface area (TPSA) is 64.1 Å². The van der Waals surface area contributed by atoms with Gasteiger partial charge in [-0.25, -0.2) is 14.8 Å². The number of esters is 1. The molecule has 1 N–H and O–H groups in total. The van der Waals surface area contributed by atoms with Gasteiger partial charge in [0.05, 0.1) is 6.61 Å². The summed E-state index contributed by atoms with van der Waals surface area (Å²) >= 11 is 5.85. The van der Waals surface area contributed by atoms with Crippen LogP contribution < -0.4 is 5.32 Å². The second-order valence-corrected chi connectivity index (χ2v) is 3.77. The molecule has 0 bridgehead atoms. The number of hydrogen-bond donors (Lipinski definition) is 1. The fourth-order valence-electron chi connectivity index (χ4n) is 1.13. The standard InChI is InChI=1S/C10H14ClN3O2/c1-4-16-10(15)7-8(11)12-5-13-9(7)14-6(2)3/h5-6H,4H2,1-3H3,(H,12,13,14). The van der Waals surface area contributed by atoms with Gasteiger partial charge in [-0.05, 0) is 20.8 Å². The Bertz CT molecular complexity index is 382. The van der Waals surface area contributed by atoms with Gasteiger partial charge < -0.3 is 10.1 Å². The smallest absolute Gasteiger partial charge is 0.345 e. The summed E-state index contributed by atoms with van der Waals surface area (Å²) in [5, 5.41) is 3.11. The van der Waals surface area contributed by atoms with Crippen molar-refractivity contribution in [1.82, 2.24) is 9.97 Å². The highest BCUT2D eigenvalue weighted by Crippen LogP contribution is 2.21. The highest BCUT2D eigenvalue weighted by Gasteiger charge is 2.19. The second-order valence-electron chi connectivity index (χ2n) is 3.41. The summed E-state index contributed by atoms with van der Waals surface area (Å²) in [5.74, 6) is -0.121. The fraction of sp³-hybridized carbons (Fsp3) is 0.500. The monoisotopic (exact) mass is 243 g/mol. The van der Waals surface area contributed by atoms with Crippen molar-refractivity contribution in [2.75, 3.05) is 11.9 Å². The predicted octanol–water partition coefficient (Wildman–Crippen LogP) is 2.13. The van der Waals surface area contributed by atoms with Crippen LogP contribution in [0, 0.1) is 0 Å². The van der Waals surface area contributed by atoms with Crippen LogP contribution >= 0.6 is 11.6 Å². The third-order valence-corrected chi connectivity index (χ3v) is 1.99. The summed E-state index contributed by atoms with van der Waals surface area (Å²) in [6, 6.07) is 0.138. The molecule has 5 nitrogen and oxygen atoms in total. The van der Waals surface area contributed by atoms with Crippen LogP contribution in [0.5, 0.6) is 0 Å². The molecule has 88 valence electrons. The highest BCUT2D eigenvalue weighted by molar-refractivity contribution is 6.33. The van der Waals surface area contributed by atoms with E-state index in [2.05, 4.69) is 15.3 Å². The van der Waals surface area contributed by atoms with E-state index in [0.29, 0.717) is 5.82 Å². The number of rotatable bonds is 4. The van der Waals surface area contributed by atoms with Crippen molar-refractivity contribution in [1.29, 1.82) is 0 Å². The number of nitrogens with zero attached hydrogens (tertiary/aromatic N) is 2. The molecule has 0 unspecified atom stereocenters. The van der Waals surface area contributed by atoms with Crippen molar-refractivity contribution in [3.8, 4) is 0 Å².